The highest BCUT2D eigenvalue weighted by molar-refractivity contribution is 7.00. The topological polar surface area (TPSA) is 143 Å². The fourth-order valence-corrected chi connectivity index (χ4v) is 20.2. The molecule has 7 rings (SSSR count). The van der Waals surface area contributed by atoms with Crippen LogP contribution >= 0.6 is 0 Å². The molecule has 5 aromatic rings. The van der Waals surface area contributed by atoms with Crippen LogP contribution in [0.2, 0.25) is 10.1 Å². The lowest BCUT2D eigenvalue weighted by Gasteiger charge is -2.44. The third-order valence-electron chi connectivity index (χ3n) is 15.3. The maximum Gasteiger partial charge on any atom is 0.262 e. The van der Waals surface area contributed by atoms with Gasteiger partial charge in [-0.15, -0.1) is 0 Å². The van der Waals surface area contributed by atoms with E-state index < -0.39 is 64.1 Å². The minimum Gasteiger partial charge on any atom is -0.403 e. The lowest BCUT2D eigenvalue weighted by Crippen LogP contribution is -2.68. The van der Waals surface area contributed by atoms with E-state index in [9.17, 15) is 24.0 Å². The van der Waals surface area contributed by atoms with Crippen molar-refractivity contribution in [1.82, 2.24) is 20.9 Å². The number of nitrogens with one attached hydrogen (secondary N) is 3. The van der Waals surface area contributed by atoms with Gasteiger partial charge in [0.25, 0.3) is 16.6 Å². The van der Waals surface area contributed by atoms with Gasteiger partial charge < -0.3 is 29.7 Å². The number of unbranched alkanes of at least 4 members (excludes halogenated alkanes) is 1. The molecule has 4 amide bonds. The zero-order valence-corrected chi connectivity index (χ0v) is 47.5. The van der Waals surface area contributed by atoms with Crippen molar-refractivity contribution < 1.29 is 32.8 Å². The minimum absolute atomic E-state index is 0.164. The smallest absolute Gasteiger partial charge is 0.262 e. The zero-order valence-electron chi connectivity index (χ0n) is 45.5. The van der Waals surface area contributed by atoms with Crippen molar-refractivity contribution in [1.29, 1.82) is 0 Å². The molecular formula is C62H78N4O7Si2. The number of nitrogens with zero attached hydrogens (tertiary/aromatic N) is 1. The number of hydrogen-bond donors (Lipinski definition) is 3. The molecule has 2 heterocycles. The van der Waals surface area contributed by atoms with Gasteiger partial charge in [0.15, 0.2) is 5.78 Å². The van der Waals surface area contributed by atoms with Crippen molar-refractivity contribution in [3.8, 4) is 0 Å². The van der Waals surface area contributed by atoms with Crippen molar-refractivity contribution in [2.24, 2.45) is 0 Å². The highest BCUT2D eigenvalue weighted by Gasteiger charge is 2.52. The van der Waals surface area contributed by atoms with Crippen LogP contribution in [-0.2, 0) is 45.9 Å². The lowest BCUT2D eigenvalue weighted by molar-refractivity contribution is -0.144. The average molecular weight is 1050 g/mol. The van der Waals surface area contributed by atoms with Gasteiger partial charge in [0.05, 0.1) is 6.61 Å². The Hall–Kier alpha value is -6.26. The van der Waals surface area contributed by atoms with Gasteiger partial charge >= 0.3 is 0 Å². The molecule has 11 nitrogen and oxygen atoms in total. The number of carbonyl (C=O) groups excluding carboxylic acids is 5. The lowest BCUT2D eigenvalue weighted by atomic mass is 9.94. The molecule has 0 aromatic heterocycles. The number of amides is 4. The maximum atomic E-state index is 14.6. The van der Waals surface area contributed by atoms with Crippen LogP contribution in [0.5, 0.6) is 0 Å². The molecule has 5 atom stereocenters. The van der Waals surface area contributed by atoms with Crippen LogP contribution < -0.4 is 36.7 Å². The van der Waals surface area contributed by atoms with Gasteiger partial charge in [-0.1, -0.05) is 200 Å². The summed E-state index contributed by atoms with van der Waals surface area (Å²) in [6.07, 6.45) is 5.22. The van der Waals surface area contributed by atoms with E-state index in [1.807, 2.05) is 79.7 Å². The minimum atomic E-state index is -2.97. The molecule has 75 heavy (non-hydrogen) atoms. The number of allylic oxidation sites excluding steroid dienone is 1. The second-order valence-corrected chi connectivity index (χ2v) is 31.1. The summed E-state index contributed by atoms with van der Waals surface area (Å²) < 4.78 is 14.2. The Bertz CT molecular complexity index is 2680. The molecule has 3 N–H and O–H groups in total. The number of carbonyl (C=O) groups is 5. The highest BCUT2D eigenvalue weighted by atomic mass is 28.4. The molecule has 2 aliphatic heterocycles. The normalized spacial score (nSPS) is 20.6. The molecule has 0 saturated carbocycles. The summed E-state index contributed by atoms with van der Waals surface area (Å²) in [5.41, 5.74) is 0.413. The van der Waals surface area contributed by atoms with Crippen LogP contribution in [0.25, 0.3) is 0 Å². The first-order valence-electron chi connectivity index (χ1n) is 26.8. The van der Waals surface area contributed by atoms with Gasteiger partial charge in [-0.3, -0.25) is 24.0 Å². The van der Waals surface area contributed by atoms with Crippen molar-refractivity contribution >= 4 is 66.8 Å². The first-order chi connectivity index (χ1) is 35.7. The van der Waals surface area contributed by atoms with Crippen LogP contribution in [0.3, 0.4) is 0 Å². The third kappa shape index (κ3) is 12.6. The maximum absolute atomic E-state index is 14.6. The van der Waals surface area contributed by atoms with E-state index in [1.165, 1.54) is 10.4 Å². The summed E-state index contributed by atoms with van der Waals surface area (Å²) in [6.45, 7) is 19.3. The molecule has 0 aliphatic carbocycles. The largest absolute Gasteiger partial charge is 0.403 e. The Morgan fingerprint density at radius 1 is 0.693 bits per heavy atom. The number of fused-ring (bicyclic) bond motifs is 1. The number of hydrogen-bond acceptors (Lipinski definition) is 7. The Labute approximate surface area is 447 Å². The Kier molecular flexibility index (Phi) is 18.2. The van der Waals surface area contributed by atoms with Crippen LogP contribution in [0, 0.1) is 0 Å². The van der Waals surface area contributed by atoms with E-state index in [0.29, 0.717) is 38.8 Å². The second-order valence-electron chi connectivity index (χ2n) is 22.6. The van der Waals surface area contributed by atoms with Crippen molar-refractivity contribution in [3.63, 3.8) is 0 Å². The van der Waals surface area contributed by atoms with Crippen LogP contribution in [0.4, 0.5) is 0 Å². The molecule has 0 unspecified atom stereocenters. The quantitative estimate of drug-likeness (QED) is 0.0462. The predicted molar refractivity (Wildman–Crippen MR) is 304 cm³/mol. The molecule has 396 valence electrons. The first-order valence-corrected chi connectivity index (χ1v) is 30.6. The molecule has 0 radical (unpaired) electrons. The molecule has 13 heteroatoms. The fraction of sp³-hybridized carbons (Fsp3) is 0.403. The fourth-order valence-electron chi connectivity index (χ4n) is 11.0. The molecule has 5 aromatic carbocycles. The average Bonchev–Trinajstić information content (AvgIpc) is 3.90. The summed E-state index contributed by atoms with van der Waals surface area (Å²) in [7, 11) is -5.76. The van der Waals surface area contributed by atoms with Gasteiger partial charge in [-0.2, -0.15) is 0 Å². The summed E-state index contributed by atoms with van der Waals surface area (Å²) in [5.74, 6) is -1.88. The summed E-state index contributed by atoms with van der Waals surface area (Å²) in [5, 5.41) is 13.0. The number of ketones is 1. The van der Waals surface area contributed by atoms with Crippen molar-refractivity contribution in [2.75, 3.05) is 6.54 Å². The van der Waals surface area contributed by atoms with Crippen molar-refractivity contribution in [2.45, 2.75) is 154 Å². The van der Waals surface area contributed by atoms with E-state index in [4.69, 9.17) is 8.85 Å². The SMILES string of the molecule is CC[C@]1(C)NC(=O)[C@H](CCC/C=C/C(=O)[C@H](C)O[Si](c2ccccc2)(c2ccccc2)C(C)(C)C)NC(=O)[C@H]2CCCN2C(=O)[C@H](Cc2ccc(CO[Si](c3ccccc3)(c3ccccc3)C(C)(C)C)cc2)NC1=O. The van der Waals surface area contributed by atoms with E-state index in [0.717, 1.165) is 21.5 Å². The van der Waals surface area contributed by atoms with E-state index in [2.05, 4.69) is 130 Å². The van der Waals surface area contributed by atoms with Gasteiger partial charge in [0.2, 0.25) is 23.6 Å². The van der Waals surface area contributed by atoms with Gasteiger partial charge in [0, 0.05) is 13.0 Å². The summed E-state index contributed by atoms with van der Waals surface area (Å²) >= 11 is 0. The van der Waals surface area contributed by atoms with Gasteiger partial charge in [-0.05, 0) is 100 Å². The van der Waals surface area contributed by atoms with Crippen molar-refractivity contribution in [3.05, 3.63) is 169 Å². The van der Waals surface area contributed by atoms with E-state index >= 15 is 0 Å². The van der Waals surface area contributed by atoms with Crippen LogP contribution in [-0.4, -0.2) is 87.3 Å². The zero-order chi connectivity index (χ0) is 54.0. The summed E-state index contributed by atoms with van der Waals surface area (Å²) in [4.78, 5) is 72.7. The molecule has 0 bridgehead atoms. The Balaban J connectivity index is 1.02. The highest BCUT2D eigenvalue weighted by Crippen LogP contribution is 2.39. The number of benzene rings is 5. The van der Waals surface area contributed by atoms with Gasteiger partial charge in [0.1, 0.15) is 29.8 Å². The molecule has 2 aliphatic rings. The number of rotatable bonds is 18. The van der Waals surface area contributed by atoms with Crippen LogP contribution in [0.15, 0.2) is 158 Å². The standard InChI is InChI=1S/C62H78N4O7Si2/c1-10-62(9)59(71)64-53(43-46-38-40-47(41-39-46)44-72-74(60(3,4)5,48-27-16-11-17-28-48)49-29-18-12-19-30-49)58(70)66-42-26-36-54(66)57(69)63-52(56(68)65-62)35-24-15-25-37-55(67)45(2)73-75(61(6,7)8,50-31-20-13-21-32-50)51-33-22-14-23-34-51/h11-14,16-23,25,27-34,37-41,45,52-54H,10,15,24,26,35-36,42-44H2,1-9H3,(H,63,69)(H,64,71)(H,65,68)/b37-25+/t45-,52-,53-,54+,62-/m0/s1. The molecule has 0 spiro atoms. The van der Waals surface area contributed by atoms with E-state index in [1.54, 1.807) is 30.9 Å². The summed E-state index contributed by atoms with van der Waals surface area (Å²) in [6, 6.07) is 46.6. The predicted octanol–water partition coefficient (Wildman–Crippen LogP) is 7.83. The molecule has 2 saturated heterocycles. The van der Waals surface area contributed by atoms with Crippen LogP contribution in [0.1, 0.15) is 112 Å². The first kappa shape index (κ1) is 56.5. The molecular weight excluding hydrogens is 969 g/mol. The monoisotopic (exact) mass is 1050 g/mol. The Morgan fingerprint density at radius 3 is 1.68 bits per heavy atom. The van der Waals surface area contributed by atoms with E-state index in [-0.39, 0.29) is 41.0 Å². The second kappa shape index (κ2) is 24.2. The third-order valence-corrected chi connectivity index (χ3v) is 25.4. The van der Waals surface area contributed by atoms with Gasteiger partial charge in [-0.25, -0.2) is 0 Å². The molecule has 2 fully saturated rings. The Morgan fingerprint density at radius 2 is 1.19 bits per heavy atom.